The standard InChI is InChI=1S/C18H22FN5O3/c1-22-15-14(16(25)23(2)18(22)26)24(11-12-5-7-13(19)8-6-12)17(21-15)20-9-4-10-27-3/h5-8H,4,9-11H2,1-3H3,(H,20,21). The average Bonchev–Trinajstić information content (AvgIpc) is 3.02. The van der Waals surface area contributed by atoms with Crippen molar-refractivity contribution in [3.05, 3.63) is 56.5 Å². The Bertz CT molecular complexity index is 1070. The van der Waals surface area contributed by atoms with Gasteiger partial charge in [0, 0.05) is 34.4 Å². The second kappa shape index (κ2) is 7.75. The molecule has 2 aromatic heterocycles. The highest BCUT2D eigenvalue weighted by atomic mass is 19.1. The van der Waals surface area contributed by atoms with Crippen LogP contribution in [0.2, 0.25) is 0 Å². The van der Waals surface area contributed by atoms with Gasteiger partial charge in [-0.15, -0.1) is 0 Å². The molecule has 0 aliphatic heterocycles. The van der Waals surface area contributed by atoms with Gasteiger partial charge in [0.05, 0.1) is 6.54 Å². The Morgan fingerprint density at radius 3 is 2.52 bits per heavy atom. The van der Waals surface area contributed by atoms with Crippen molar-refractivity contribution in [2.24, 2.45) is 14.1 Å². The zero-order chi connectivity index (χ0) is 19.6. The molecule has 9 heteroatoms. The maximum atomic E-state index is 13.2. The third kappa shape index (κ3) is 3.63. The summed E-state index contributed by atoms with van der Waals surface area (Å²) in [7, 11) is 4.64. The minimum atomic E-state index is -0.440. The summed E-state index contributed by atoms with van der Waals surface area (Å²) in [5, 5.41) is 3.20. The molecule has 1 N–H and O–H groups in total. The van der Waals surface area contributed by atoms with E-state index in [1.807, 2.05) is 0 Å². The van der Waals surface area contributed by atoms with E-state index in [2.05, 4.69) is 10.3 Å². The summed E-state index contributed by atoms with van der Waals surface area (Å²) >= 11 is 0. The molecule has 144 valence electrons. The van der Waals surface area contributed by atoms with Crippen molar-refractivity contribution < 1.29 is 9.13 Å². The van der Waals surface area contributed by atoms with Crippen LogP contribution in [0.1, 0.15) is 12.0 Å². The number of benzene rings is 1. The number of hydrogen-bond donors (Lipinski definition) is 1. The molecule has 1 aromatic carbocycles. The molecule has 27 heavy (non-hydrogen) atoms. The molecule has 2 heterocycles. The minimum Gasteiger partial charge on any atom is -0.385 e. The predicted octanol–water partition coefficient (Wildman–Crippen LogP) is 1.07. The molecular weight excluding hydrogens is 353 g/mol. The van der Waals surface area contributed by atoms with Crippen LogP contribution in [0, 0.1) is 5.82 Å². The van der Waals surface area contributed by atoms with Crippen molar-refractivity contribution >= 4 is 17.1 Å². The lowest BCUT2D eigenvalue weighted by molar-refractivity contribution is 0.197. The average molecular weight is 375 g/mol. The number of nitrogens with zero attached hydrogens (tertiary/aromatic N) is 4. The molecule has 0 fully saturated rings. The van der Waals surface area contributed by atoms with Crippen LogP contribution in [0.4, 0.5) is 10.3 Å². The van der Waals surface area contributed by atoms with Crippen molar-refractivity contribution in [2.45, 2.75) is 13.0 Å². The van der Waals surface area contributed by atoms with Gasteiger partial charge in [-0.25, -0.2) is 9.18 Å². The molecule has 0 saturated heterocycles. The maximum Gasteiger partial charge on any atom is 0.332 e. The molecule has 0 saturated carbocycles. The summed E-state index contributed by atoms with van der Waals surface area (Å²) < 4.78 is 22.4. The third-order valence-electron chi connectivity index (χ3n) is 4.41. The van der Waals surface area contributed by atoms with E-state index in [4.69, 9.17) is 4.74 Å². The molecule has 0 aliphatic carbocycles. The first kappa shape index (κ1) is 18.8. The Morgan fingerprint density at radius 2 is 1.85 bits per heavy atom. The highest BCUT2D eigenvalue weighted by Crippen LogP contribution is 2.18. The molecule has 0 atom stereocenters. The first-order valence-electron chi connectivity index (χ1n) is 8.57. The third-order valence-corrected chi connectivity index (χ3v) is 4.41. The lowest BCUT2D eigenvalue weighted by Gasteiger charge is -2.11. The minimum absolute atomic E-state index is 0.305. The van der Waals surface area contributed by atoms with Crippen LogP contribution < -0.4 is 16.6 Å². The van der Waals surface area contributed by atoms with E-state index in [1.165, 1.54) is 23.7 Å². The monoisotopic (exact) mass is 375 g/mol. The molecule has 8 nitrogen and oxygen atoms in total. The number of aromatic nitrogens is 4. The van der Waals surface area contributed by atoms with E-state index < -0.39 is 11.2 Å². The summed E-state index contributed by atoms with van der Waals surface area (Å²) in [6.45, 7) is 1.50. The first-order chi connectivity index (χ1) is 12.9. The van der Waals surface area contributed by atoms with E-state index in [1.54, 1.807) is 30.9 Å². The summed E-state index contributed by atoms with van der Waals surface area (Å²) in [5.41, 5.74) is 0.571. The number of methoxy groups -OCH3 is 1. The number of ether oxygens (including phenoxy) is 1. The molecular formula is C18H22FN5O3. The fourth-order valence-corrected chi connectivity index (χ4v) is 2.92. The van der Waals surface area contributed by atoms with Crippen LogP contribution in [0.15, 0.2) is 33.9 Å². The van der Waals surface area contributed by atoms with Crippen LogP contribution in [-0.4, -0.2) is 38.9 Å². The van der Waals surface area contributed by atoms with Gasteiger partial charge in [0.25, 0.3) is 5.56 Å². The first-order valence-corrected chi connectivity index (χ1v) is 8.57. The smallest absolute Gasteiger partial charge is 0.332 e. The fraction of sp³-hybridized carbons (Fsp3) is 0.389. The van der Waals surface area contributed by atoms with Crippen LogP contribution >= 0.6 is 0 Å². The zero-order valence-corrected chi connectivity index (χ0v) is 15.5. The molecule has 0 spiro atoms. The van der Waals surface area contributed by atoms with E-state index in [-0.39, 0.29) is 5.82 Å². The van der Waals surface area contributed by atoms with Gasteiger partial charge in [-0.1, -0.05) is 12.1 Å². The molecule has 0 radical (unpaired) electrons. The lowest BCUT2D eigenvalue weighted by Crippen LogP contribution is -2.37. The topological polar surface area (TPSA) is 83.1 Å². The van der Waals surface area contributed by atoms with Gasteiger partial charge in [-0.2, -0.15) is 4.98 Å². The summed E-state index contributed by atoms with van der Waals surface area (Å²) in [6.07, 6.45) is 0.757. The van der Waals surface area contributed by atoms with Gasteiger partial charge >= 0.3 is 5.69 Å². The number of imidazole rings is 1. The van der Waals surface area contributed by atoms with E-state index in [9.17, 15) is 14.0 Å². The van der Waals surface area contributed by atoms with Gasteiger partial charge in [-0.05, 0) is 24.1 Å². The van der Waals surface area contributed by atoms with Crippen molar-refractivity contribution in [1.29, 1.82) is 0 Å². The Hall–Kier alpha value is -2.94. The second-order valence-electron chi connectivity index (χ2n) is 6.30. The molecule has 0 aliphatic rings. The molecule has 0 unspecified atom stereocenters. The fourth-order valence-electron chi connectivity index (χ4n) is 2.92. The molecule has 0 amide bonds. The maximum absolute atomic E-state index is 13.2. The van der Waals surface area contributed by atoms with E-state index in [0.29, 0.717) is 36.8 Å². The van der Waals surface area contributed by atoms with E-state index in [0.717, 1.165) is 16.6 Å². The zero-order valence-electron chi connectivity index (χ0n) is 15.5. The van der Waals surface area contributed by atoms with E-state index >= 15 is 0 Å². The number of nitrogens with one attached hydrogen (secondary N) is 1. The van der Waals surface area contributed by atoms with Gasteiger partial charge in [-0.3, -0.25) is 18.5 Å². The van der Waals surface area contributed by atoms with Gasteiger partial charge in [0.2, 0.25) is 5.95 Å². The predicted molar refractivity (Wildman–Crippen MR) is 101 cm³/mol. The van der Waals surface area contributed by atoms with Crippen molar-refractivity contribution in [1.82, 2.24) is 18.7 Å². The quantitative estimate of drug-likeness (QED) is 0.625. The van der Waals surface area contributed by atoms with Gasteiger partial charge < -0.3 is 10.1 Å². The van der Waals surface area contributed by atoms with Gasteiger partial charge in [0.15, 0.2) is 11.2 Å². The van der Waals surface area contributed by atoms with Crippen LogP contribution in [0.5, 0.6) is 0 Å². The van der Waals surface area contributed by atoms with Crippen molar-refractivity contribution in [3.63, 3.8) is 0 Å². The number of halogens is 1. The second-order valence-corrected chi connectivity index (χ2v) is 6.30. The van der Waals surface area contributed by atoms with Crippen molar-refractivity contribution in [2.75, 3.05) is 25.6 Å². The Balaban J connectivity index is 2.12. The lowest BCUT2D eigenvalue weighted by atomic mass is 10.2. The number of rotatable bonds is 7. The Kier molecular flexibility index (Phi) is 5.41. The summed E-state index contributed by atoms with van der Waals surface area (Å²) in [5.74, 6) is 0.147. The highest BCUT2D eigenvalue weighted by Gasteiger charge is 2.19. The molecule has 0 bridgehead atoms. The highest BCUT2D eigenvalue weighted by molar-refractivity contribution is 5.74. The molecule has 3 aromatic rings. The number of aryl methyl sites for hydroxylation is 1. The van der Waals surface area contributed by atoms with Crippen molar-refractivity contribution in [3.8, 4) is 0 Å². The Labute approximate surface area is 154 Å². The number of anilines is 1. The van der Waals surface area contributed by atoms with Crippen LogP contribution in [-0.2, 0) is 25.4 Å². The van der Waals surface area contributed by atoms with Gasteiger partial charge in [0.1, 0.15) is 5.82 Å². The summed E-state index contributed by atoms with van der Waals surface area (Å²) in [4.78, 5) is 29.4. The Morgan fingerprint density at radius 1 is 1.15 bits per heavy atom. The van der Waals surface area contributed by atoms with Crippen LogP contribution in [0.25, 0.3) is 11.2 Å². The summed E-state index contributed by atoms with van der Waals surface area (Å²) in [6, 6.07) is 6.05. The normalized spacial score (nSPS) is 11.3. The molecule has 3 rings (SSSR count). The SMILES string of the molecule is COCCCNc1nc2c(c(=O)n(C)c(=O)n2C)n1Cc1ccc(F)cc1. The largest absolute Gasteiger partial charge is 0.385 e. The number of hydrogen-bond acceptors (Lipinski definition) is 5. The van der Waals surface area contributed by atoms with Crippen LogP contribution in [0.3, 0.4) is 0 Å². The number of fused-ring (bicyclic) bond motifs is 1.